The van der Waals surface area contributed by atoms with Crippen molar-refractivity contribution in [2.24, 2.45) is 0 Å². The molecular formula is C15H23N3O3S. The number of aromatic nitrogens is 3. The minimum Gasteiger partial charge on any atom is -0.481 e. The molecule has 0 saturated carbocycles. The van der Waals surface area contributed by atoms with E-state index < -0.39 is 5.97 Å². The maximum absolute atomic E-state index is 10.6. The molecule has 0 amide bonds. The molecule has 122 valence electrons. The van der Waals surface area contributed by atoms with E-state index in [2.05, 4.69) is 10.2 Å². The summed E-state index contributed by atoms with van der Waals surface area (Å²) in [6.45, 7) is 7.75. The fourth-order valence-electron chi connectivity index (χ4n) is 1.46. The van der Waals surface area contributed by atoms with Gasteiger partial charge in [-0.3, -0.25) is 9.36 Å². The second-order valence-electron chi connectivity index (χ2n) is 3.41. The predicted octanol–water partition coefficient (Wildman–Crippen LogP) is 2.99. The minimum atomic E-state index is -0.923. The monoisotopic (exact) mass is 325 g/mol. The second kappa shape index (κ2) is 11.8. The molecule has 1 heterocycles. The van der Waals surface area contributed by atoms with Gasteiger partial charge in [0.15, 0.2) is 11.0 Å². The number of hydrogen-bond donors (Lipinski definition) is 2. The van der Waals surface area contributed by atoms with E-state index in [9.17, 15) is 9.90 Å². The van der Waals surface area contributed by atoms with Gasteiger partial charge in [-0.05, 0) is 12.1 Å². The average molecular weight is 325 g/mol. The summed E-state index contributed by atoms with van der Waals surface area (Å²) in [7, 11) is 0. The average Bonchev–Trinajstić information content (AvgIpc) is 3.00. The van der Waals surface area contributed by atoms with Gasteiger partial charge < -0.3 is 10.2 Å². The number of aliphatic hydroxyl groups is 1. The van der Waals surface area contributed by atoms with Crippen LogP contribution in [0.1, 0.15) is 33.5 Å². The van der Waals surface area contributed by atoms with Gasteiger partial charge in [0, 0.05) is 5.69 Å². The summed E-state index contributed by atoms with van der Waals surface area (Å²) in [4.78, 5) is 10.6. The van der Waals surface area contributed by atoms with Crippen molar-refractivity contribution in [3.63, 3.8) is 0 Å². The molecule has 0 radical (unpaired) electrons. The van der Waals surface area contributed by atoms with Gasteiger partial charge in [-0.2, -0.15) is 0 Å². The molecule has 1 aromatic carbocycles. The van der Waals surface area contributed by atoms with Gasteiger partial charge in [-0.1, -0.05) is 57.7 Å². The molecule has 0 spiro atoms. The molecule has 2 aromatic rings. The Morgan fingerprint density at radius 1 is 1.14 bits per heavy atom. The summed E-state index contributed by atoms with van der Waals surface area (Å²) in [5.41, 5.74) is 0.791. The van der Waals surface area contributed by atoms with Crippen molar-refractivity contribution >= 4 is 17.7 Å². The third-order valence-corrected chi connectivity index (χ3v) is 3.09. The molecule has 0 aliphatic heterocycles. The van der Waals surface area contributed by atoms with Crippen molar-refractivity contribution in [1.29, 1.82) is 0 Å². The number of carbonyl (C=O) groups is 1. The first kappa shape index (κ1) is 20.1. The van der Waals surface area contributed by atoms with Crippen molar-refractivity contribution in [2.45, 2.75) is 39.5 Å². The number of benzene rings is 1. The lowest BCUT2D eigenvalue weighted by Gasteiger charge is -2.07. The maximum atomic E-state index is 10.6. The van der Waals surface area contributed by atoms with E-state index >= 15 is 0 Å². The number of para-hydroxylation sites is 1. The molecule has 0 atom stereocenters. The zero-order valence-electron chi connectivity index (χ0n) is 13.4. The Labute approximate surface area is 135 Å². The minimum absolute atomic E-state index is 0.101. The Kier molecular flexibility index (Phi) is 10.8. The van der Waals surface area contributed by atoms with Gasteiger partial charge in [0.2, 0.25) is 0 Å². The number of aliphatic carboxylic acids is 1. The lowest BCUT2D eigenvalue weighted by Crippen LogP contribution is -2.04. The molecule has 22 heavy (non-hydrogen) atoms. The third kappa shape index (κ3) is 5.87. The number of nitrogens with zero attached hydrogens (tertiary/aromatic N) is 3. The molecule has 0 saturated heterocycles. The SMILES string of the molecule is CC.CC.O=C(O)CSc1nnc(CO)n1-c1ccccc1. The van der Waals surface area contributed by atoms with E-state index in [1.54, 1.807) is 4.57 Å². The molecule has 1 aromatic heterocycles. The van der Waals surface area contributed by atoms with Crippen molar-refractivity contribution in [1.82, 2.24) is 14.8 Å². The molecular weight excluding hydrogens is 302 g/mol. The Morgan fingerprint density at radius 2 is 1.73 bits per heavy atom. The standard InChI is InChI=1S/C11H11N3O3S.2C2H6/c15-6-9-12-13-11(18-7-10(16)17)14(9)8-4-2-1-3-5-8;2*1-2/h1-5,15H,6-7H2,(H,16,17);2*1-2H3. The second-order valence-corrected chi connectivity index (χ2v) is 4.35. The summed E-state index contributed by atoms with van der Waals surface area (Å²) < 4.78 is 1.65. The lowest BCUT2D eigenvalue weighted by atomic mass is 10.3. The first-order valence-electron chi connectivity index (χ1n) is 7.17. The van der Waals surface area contributed by atoms with E-state index in [0.29, 0.717) is 11.0 Å². The molecule has 0 aliphatic carbocycles. The van der Waals surface area contributed by atoms with Gasteiger partial charge in [-0.25, -0.2) is 0 Å². The number of thioether (sulfide) groups is 1. The fourth-order valence-corrected chi connectivity index (χ4v) is 2.15. The van der Waals surface area contributed by atoms with Gasteiger partial charge in [0.05, 0.1) is 5.75 Å². The van der Waals surface area contributed by atoms with Crippen LogP contribution < -0.4 is 0 Å². The zero-order valence-corrected chi connectivity index (χ0v) is 14.2. The van der Waals surface area contributed by atoms with Crippen LogP contribution in [0.25, 0.3) is 5.69 Å². The van der Waals surface area contributed by atoms with Crippen LogP contribution in [0.15, 0.2) is 35.5 Å². The topological polar surface area (TPSA) is 88.2 Å². The first-order valence-corrected chi connectivity index (χ1v) is 8.16. The normalized spacial score (nSPS) is 9.14. The molecule has 6 nitrogen and oxygen atoms in total. The number of aliphatic hydroxyl groups excluding tert-OH is 1. The van der Waals surface area contributed by atoms with E-state index in [1.807, 2.05) is 58.0 Å². The molecule has 7 heteroatoms. The van der Waals surface area contributed by atoms with Crippen LogP contribution >= 0.6 is 11.8 Å². The molecule has 2 N–H and O–H groups in total. The molecule has 0 fully saturated rings. The van der Waals surface area contributed by atoms with Gasteiger partial charge in [-0.15, -0.1) is 10.2 Å². The molecule has 0 aliphatic rings. The maximum Gasteiger partial charge on any atom is 0.313 e. The summed E-state index contributed by atoms with van der Waals surface area (Å²) in [6.07, 6.45) is 0. The van der Waals surface area contributed by atoms with Crippen LogP contribution in [0.4, 0.5) is 0 Å². The fraction of sp³-hybridized carbons (Fsp3) is 0.400. The van der Waals surface area contributed by atoms with Crippen LogP contribution in [0, 0.1) is 0 Å². The number of carboxylic acid groups (broad SMARTS) is 1. The lowest BCUT2D eigenvalue weighted by molar-refractivity contribution is -0.133. The van der Waals surface area contributed by atoms with Crippen LogP contribution in [0.3, 0.4) is 0 Å². The predicted molar refractivity (Wildman–Crippen MR) is 88.3 cm³/mol. The number of rotatable bonds is 5. The van der Waals surface area contributed by atoms with E-state index in [4.69, 9.17) is 5.11 Å². The summed E-state index contributed by atoms with van der Waals surface area (Å²) in [5.74, 6) is -0.640. The Morgan fingerprint density at radius 3 is 2.23 bits per heavy atom. The van der Waals surface area contributed by atoms with Crippen molar-refractivity contribution in [3.8, 4) is 5.69 Å². The van der Waals surface area contributed by atoms with Gasteiger partial charge >= 0.3 is 5.97 Å². The van der Waals surface area contributed by atoms with Gasteiger partial charge in [0.1, 0.15) is 6.61 Å². The van der Waals surface area contributed by atoms with E-state index in [0.717, 1.165) is 17.4 Å². The summed E-state index contributed by atoms with van der Waals surface area (Å²) >= 11 is 1.06. The number of carboxylic acids is 1. The van der Waals surface area contributed by atoms with Crippen LogP contribution in [-0.4, -0.2) is 36.7 Å². The highest BCUT2D eigenvalue weighted by atomic mass is 32.2. The Balaban J connectivity index is 0.00000102. The van der Waals surface area contributed by atoms with Crippen molar-refractivity contribution in [2.75, 3.05) is 5.75 Å². The van der Waals surface area contributed by atoms with E-state index in [-0.39, 0.29) is 12.4 Å². The Bertz CT molecular complexity index is 544. The third-order valence-electron chi connectivity index (χ3n) is 2.18. The highest BCUT2D eigenvalue weighted by Gasteiger charge is 2.14. The summed E-state index contributed by atoms with van der Waals surface area (Å²) in [5, 5.41) is 26.1. The van der Waals surface area contributed by atoms with Crippen LogP contribution in [-0.2, 0) is 11.4 Å². The Hall–Kier alpha value is -1.86. The quantitative estimate of drug-likeness (QED) is 0.822. The van der Waals surface area contributed by atoms with Crippen LogP contribution in [0.2, 0.25) is 0 Å². The highest BCUT2D eigenvalue weighted by Crippen LogP contribution is 2.21. The zero-order chi connectivity index (χ0) is 17.0. The van der Waals surface area contributed by atoms with E-state index in [1.165, 1.54) is 0 Å². The molecule has 2 rings (SSSR count). The smallest absolute Gasteiger partial charge is 0.313 e. The van der Waals surface area contributed by atoms with Gasteiger partial charge in [0.25, 0.3) is 0 Å². The molecule has 0 bridgehead atoms. The largest absolute Gasteiger partial charge is 0.481 e. The summed E-state index contributed by atoms with van der Waals surface area (Å²) in [6, 6.07) is 9.25. The van der Waals surface area contributed by atoms with Crippen molar-refractivity contribution in [3.05, 3.63) is 36.2 Å². The van der Waals surface area contributed by atoms with Crippen LogP contribution in [0.5, 0.6) is 0 Å². The first-order chi connectivity index (χ1) is 10.7. The highest BCUT2D eigenvalue weighted by molar-refractivity contribution is 7.99. The van der Waals surface area contributed by atoms with Crippen molar-refractivity contribution < 1.29 is 15.0 Å². The number of hydrogen-bond acceptors (Lipinski definition) is 5. The molecule has 0 unspecified atom stereocenters.